The van der Waals surface area contributed by atoms with Crippen LogP contribution in [-0.4, -0.2) is 54.8 Å². The van der Waals surface area contributed by atoms with E-state index in [0.29, 0.717) is 5.70 Å². The lowest BCUT2D eigenvalue weighted by Gasteiger charge is -2.16. The minimum absolute atomic E-state index is 0.00469. The molecular formula is C12H19N3O4. The van der Waals surface area contributed by atoms with Crippen molar-refractivity contribution in [1.29, 1.82) is 0 Å². The Morgan fingerprint density at radius 2 is 2.21 bits per heavy atom. The second kappa shape index (κ2) is 8.73. The Hall–Kier alpha value is -2.31. The highest BCUT2D eigenvalue weighted by Crippen LogP contribution is 1.99. The first-order chi connectivity index (χ1) is 8.90. The number of carboxylic acids is 1. The molecule has 1 amide bonds. The maximum atomic E-state index is 11.5. The van der Waals surface area contributed by atoms with Gasteiger partial charge in [0.25, 0.3) is 0 Å². The number of hydrogen-bond donors (Lipinski definition) is 2. The fourth-order valence-electron chi connectivity index (χ4n) is 1.14. The molecule has 0 fully saturated rings. The molecule has 19 heavy (non-hydrogen) atoms. The van der Waals surface area contributed by atoms with Crippen molar-refractivity contribution in [2.24, 2.45) is 4.99 Å². The number of nitrogens with zero attached hydrogens (tertiary/aromatic N) is 2. The monoisotopic (exact) mass is 269 g/mol. The quantitative estimate of drug-likeness (QED) is 0.461. The molecule has 0 radical (unpaired) electrons. The van der Waals surface area contributed by atoms with Crippen LogP contribution in [0.3, 0.4) is 0 Å². The Balaban J connectivity index is 4.34. The summed E-state index contributed by atoms with van der Waals surface area (Å²) in [6.07, 6.45) is 2.86. The van der Waals surface area contributed by atoms with Crippen molar-refractivity contribution in [1.82, 2.24) is 10.2 Å². The van der Waals surface area contributed by atoms with Crippen LogP contribution in [0.5, 0.6) is 0 Å². The van der Waals surface area contributed by atoms with Crippen molar-refractivity contribution in [3.05, 3.63) is 24.7 Å². The third-order valence-corrected chi connectivity index (χ3v) is 2.06. The molecule has 1 unspecified atom stereocenters. The molecule has 0 rings (SSSR count). The molecule has 0 aliphatic carbocycles. The van der Waals surface area contributed by atoms with E-state index in [9.17, 15) is 9.59 Å². The number of carbonyl (C=O) groups excluding carboxylic acids is 1. The van der Waals surface area contributed by atoms with Crippen LogP contribution >= 0.6 is 0 Å². The molecule has 106 valence electrons. The summed E-state index contributed by atoms with van der Waals surface area (Å²) in [5, 5.41) is 11.0. The highest BCUT2D eigenvalue weighted by atomic mass is 16.5. The maximum absolute atomic E-state index is 11.5. The maximum Gasteiger partial charge on any atom is 0.325 e. The number of aliphatic carboxylic acids is 1. The Kier molecular flexibility index (Phi) is 7.67. The van der Waals surface area contributed by atoms with Gasteiger partial charge in [-0.15, -0.1) is 0 Å². The molecule has 0 aromatic carbocycles. The summed E-state index contributed by atoms with van der Waals surface area (Å²) in [5.74, 6) is -1.49. The standard InChI is InChI=1S/C12H19N3O4/c1-5-19-8-10(13-3)6-15(4)7-11(16)14-9(2)12(17)18/h5-6,9H,1,3,7-8H2,2,4H3,(H,14,16)(H,17,18)/b10-6-. The molecule has 0 aliphatic rings. The zero-order valence-corrected chi connectivity index (χ0v) is 11.1. The van der Waals surface area contributed by atoms with E-state index in [1.165, 1.54) is 13.2 Å². The molecule has 0 bridgehead atoms. The van der Waals surface area contributed by atoms with Gasteiger partial charge < -0.3 is 20.1 Å². The first-order valence-corrected chi connectivity index (χ1v) is 5.53. The largest absolute Gasteiger partial charge is 0.495 e. The fraction of sp³-hybridized carbons (Fsp3) is 0.417. The van der Waals surface area contributed by atoms with Crippen molar-refractivity contribution >= 4 is 18.6 Å². The third-order valence-electron chi connectivity index (χ3n) is 2.06. The van der Waals surface area contributed by atoms with Crippen molar-refractivity contribution < 1.29 is 19.4 Å². The molecule has 0 heterocycles. The van der Waals surface area contributed by atoms with Gasteiger partial charge in [0.1, 0.15) is 12.6 Å². The SMILES string of the molecule is C=COC/C(=C/N(C)CC(=O)NC(C)C(=O)O)N=C. The molecule has 0 aliphatic heterocycles. The van der Waals surface area contributed by atoms with Gasteiger partial charge in [0.15, 0.2) is 0 Å². The molecule has 0 aromatic heterocycles. The summed E-state index contributed by atoms with van der Waals surface area (Å²) in [4.78, 5) is 27.4. The molecule has 0 saturated heterocycles. The lowest BCUT2D eigenvalue weighted by molar-refractivity contribution is -0.141. The number of carboxylic acid groups (broad SMARTS) is 1. The number of carbonyl (C=O) groups is 2. The normalized spacial score (nSPS) is 12.2. The predicted octanol–water partition coefficient (Wildman–Crippen LogP) is 0.210. The van der Waals surface area contributed by atoms with Crippen molar-refractivity contribution in [2.75, 3.05) is 20.2 Å². The van der Waals surface area contributed by atoms with Gasteiger partial charge in [-0.3, -0.25) is 14.6 Å². The van der Waals surface area contributed by atoms with Gasteiger partial charge in [0.05, 0.1) is 18.5 Å². The van der Waals surface area contributed by atoms with Gasteiger partial charge in [-0.05, 0) is 13.6 Å². The molecular weight excluding hydrogens is 250 g/mol. The summed E-state index contributed by atoms with van der Waals surface area (Å²) in [7, 11) is 1.66. The molecule has 7 heteroatoms. The summed E-state index contributed by atoms with van der Waals surface area (Å²) in [5.41, 5.74) is 0.529. The Bertz CT molecular complexity index is 379. The second-order valence-corrected chi connectivity index (χ2v) is 3.80. The van der Waals surface area contributed by atoms with Gasteiger partial charge in [0.2, 0.25) is 5.91 Å². The second-order valence-electron chi connectivity index (χ2n) is 3.80. The smallest absolute Gasteiger partial charge is 0.325 e. The Morgan fingerprint density at radius 3 is 2.68 bits per heavy atom. The number of likely N-dealkylation sites (N-methyl/N-ethyl adjacent to an activating group) is 1. The van der Waals surface area contributed by atoms with Gasteiger partial charge in [-0.2, -0.15) is 0 Å². The third kappa shape index (κ3) is 7.58. The number of ether oxygens (including phenoxy) is 1. The number of rotatable bonds is 9. The van der Waals surface area contributed by atoms with Crippen LogP contribution < -0.4 is 5.32 Å². The Morgan fingerprint density at radius 1 is 1.58 bits per heavy atom. The number of nitrogens with one attached hydrogen (secondary N) is 1. The van der Waals surface area contributed by atoms with Crippen molar-refractivity contribution in [2.45, 2.75) is 13.0 Å². The van der Waals surface area contributed by atoms with Crippen molar-refractivity contribution in [3.63, 3.8) is 0 Å². The highest BCUT2D eigenvalue weighted by Gasteiger charge is 2.14. The van der Waals surface area contributed by atoms with E-state index in [2.05, 4.69) is 23.6 Å². The highest BCUT2D eigenvalue weighted by molar-refractivity contribution is 5.84. The first kappa shape index (κ1) is 16.7. The fourth-order valence-corrected chi connectivity index (χ4v) is 1.14. The van der Waals surface area contributed by atoms with E-state index in [0.717, 1.165) is 0 Å². The molecule has 2 N–H and O–H groups in total. The minimum Gasteiger partial charge on any atom is -0.495 e. The average Bonchev–Trinajstić information content (AvgIpc) is 2.33. The van der Waals surface area contributed by atoms with Crippen LogP contribution in [0.25, 0.3) is 0 Å². The van der Waals surface area contributed by atoms with E-state index >= 15 is 0 Å². The van der Waals surface area contributed by atoms with Crippen LogP contribution in [0.2, 0.25) is 0 Å². The van der Waals surface area contributed by atoms with E-state index in [-0.39, 0.29) is 13.2 Å². The van der Waals surface area contributed by atoms with Gasteiger partial charge in [0, 0.05) is 13.2 Å². The van der Waals surface area contributed by atoms with Crippen LogP contribution in [0.15, 0.2) is 29.7 Å². The molecule has 1 atom stereocenters. The van der Waals surface area contributed by atoms with Gasteiger partial charge in [-0.1, -0.05) is 6.58 Å². The average molecular weight is 269 g/mol. The Labute approximate surface area is 112 Å². The van der Waals surface area contributed by atoms with E-state index in [1.807, 2.05) is 0 Å². The van der Waals surface area contributed by atoms with E-state index < -0.39 is 17.9 Å². The molecule has 7 nitrogen and oxygen atoms in total. The van der Waals surface area contributed by atoms with Crippen LogP contribution in [-0.2, 0) is 14.3 Å². The number of hydrogen-bond acceptors (Lipinski definition) is 5. The summed E-state index contributed by atoms with van der Waals surface area (Å²) < 4.78 is 4.95. The zero-order valence-electron chi connectivity index (χ0n) is 11.1. The van der Waals surface area contributed by atoms with Crippen LogP contribution in [0, 0.1) is 0 Å². The molecule has 0 saturated carbocycles. The number of aliphatic imine (C=N–C) groups is 1. The number of amides is 1. The van der Waals surface area contributed by atoms with Crippen molar-refractivity contribution in [3.8, 4) is 0 Å². The molecule has 0 spiro atoms. The summed E-state index contributed by atoms with van der Waals surface area (Å²) >= 11 is 0. The van der Waals surface area contributed by atoms with E-state index in [1.54, 1.807) is 18.1 Å². The topological polar surface area (TPSA) is 91.2 Å². The predicted molar refractivity (Wildman–Crippen MR) is 71.7 cm³/mol. The first-order valence-electron chi connectivity index (χ1n) is 5.53. The minimum atomic E-state index is -1.08. The summed E-state index contributed by atoms with van der Waals surface area (Å²) in [6, 6.07) is -0.925. The van der Waals surface area contributed by atoms with Gasteiger partial charge in [-0.25, -0.2) is 0 Å². The molecule has 0 aromatic rings. The van der Waals surface area contributed by atoms with E-state index in [4.69, 9.17) is 9.84 Å². The van der Waals surface area contributed by atoms with Crippen LogP contribution in [0.1, 0.15) is 6.92 Å². The van der Waals surface area contributed by atoms with Crippen LogP contribution in [0.4, 0.5) is 0 Å². The zero-order chi connectivity index (χ0) is 14.8. The lowest BCUT2D eigenvalue weighted by atomic mass is 10.3. The summed E-state index contributed by atoms with van der Waals surface area (Å²) in [6.45, 7) is 8.38. The van der Waals surface area contributed by atoms with Gasteiger partial charge >= 0.3 is 5.97 Å². The lowest BCUT2D eigenvalue weighted by Crippen LogP contribution is -2.42.